The third-order valence-corrected chi connectivity index (χ3v) is 3.10. The molecule has 4 nitrogen and oxygen atoms in total. The molecule has 1 unspecified atom stereocenters. The molecule has 0 bridgehead atoms. The van der Waals surface area contributed by atoms with Gasteiger partial charge in [-0.3, -0.25) is 0 Å². The highest BCUT2D eigenvalue weighted by molar-refractivity contribution is 5.46. The van der Waals surface area contributed by atoms with Crippen LogP contribution in [-0.2, 0) is 0 Å². The molecule has 17 heavy (non-hydrogen) atoms. The van der Waals surface area contributed by atoms with E-state index in [-0.39, 0.29) is 0 Å². The molecule has 0 amide bonds. The number of anilines is 1. The molecule has 1 fully saturated rings. The Bertz CT molecular complexity index is 339. The standard InChI is InChI=1S/C13H21N3O/c1-16-8-7-14-12(10-16)9-15-11-3-5-13(17-2)6-4-11/h3-6,12,14-15H,7-10H2,1-2H3. The molecule has 1 aliphatic rings. The van der Waals surface area contributed by atoms with Gasteiger partial charge >= 0.3 is 0 Å². The van der Waals surface area contributed by atoms with E-state index in [0.717, 1.165) is 37.6 Å². The number of nitrogens with one attached hydrogen (secondary N) is 2. The Morgan fingerprint density at radius 3 is 2.82 bits per heavy atom. The van der Waals surface area contributed by atoms with E-state index in [1.54, 1.807) is 7.11 Å². The minimum absolute atomic E-state index is 0.524. The Balaban J connectivity index is 1.80. The first kappa shape index (κ1) is 12.2. The number of ether oxygens (including phenoxy) is 1. The molecule has 1 aliphatic heterocycles. The van der Waals surface area contributed by atoms with E-state index in [4.69, 9.17) is 4.74 Å². The van der Waals surface area contributed by atoms with Gasteiger partial charge in [-0.05, 0) is 31.3 Å². The Morgan fingerprint density at radius 2 is 2.18 bits per heavy atom. The van der Waals surface area contributed by atoms with Crippen molar-refractivity contribution in [2.75, 3.05) is 45.7 Å². The molecular weight excluding hydrogens is 214 g/mol. The number of piperazine rings is 1. The molecule has 0 aliphatic carbocycles. The number of hydrogen-bond acceptors (Lipinski definition) is 4. The average Bonchev–Trinajstić information content (AvgIpc) is 2.37. The number of rotatable bonds is 4. The van der Waals surface area contributed by atoms with Gasteiger partial charge in [0.25, 0.3) is 0 Å². The number of benzene rings is 1. The highest BCUT2D eigenvalue weighted by Crippen LogP contribution is 2.14. The highest BCUT2D eigenvalue weighted by Gasteiger charge is 2.15. The first-order valence-electron chi connectivity index (χ1n) is 6.08. The lowest BCUT2D eigenvalue weighted by Crippen LogP contribution is -2.51. The van der Waals surface area contributed by atoms with Crippen molar-refractivity contribution < 1.29 is 4.74 Å². The average molecular weight is 235 g/mol. The van der Waals surface area contributed by atoms with E-state index in [1.165, 1.54) is 0 Å². The van der Waals surface area contributed by atoms with Gasteiger partial charge in [0.1, 0.15) is 5.75 Å². The zero-order chi connectivity index (χ0) is 12.1. The van der Waals surface area contributed by atoms with Gasteiger partial charge in [0.05, 0.1) is 7.11 Å². The van der Waals surface area contributed by atoms with Crippen LogP contribution in [-0.4, -0.2) is 51.3 Å². The molecule has 2 N–H and O–H groups in total. The Kier molecular flexibility index (Phi) is 4.23. The predicted octanol–water partition coefficient (Wildman–Crippen LogP) is 1.01. The smallest absolute Gasteiger partial charge is 0.119 e. The lowest BCUT2D eigenvalue weighted by atomic mass is 10.2. The topological polar surface area (TPSA) is 36.5 Å². The largest absolute Gasteiger partial charge is 0.497 e. The molecule has 1 aromatic carbocycles. The second-order valence-corrected chi connectivity index (χ2v) is 4.52. The third kappa shape index (κ3) is 3.61. The Morgan fingerprint density at radius 1 is 1.41 bits per heavy atom. The van der Waals surface area contributed by atoms with Crippen LogP contribution in [0.25, 0.3) is 0 Å². The van der Waals surface area contributed by atoms with E-state index in [2.05, 4.69) is 22.6 Å². The lowest BCUT2D eigenvalue weighted by Gasteiger charge is -2.31. The number of nitrogens with zero attached hydrogens (tertiary/aromatic N) is 1. The second-order valence-electron chi connectivity index (χ2n) is 4.52. The molecule has 94 valence electrons. The first-order valence-corrected chi connectivity index (χ1v) is 6.08. The minimum Gasteiger partial charge on any atom is -0.497 e. The van der Waals surface area contributed by atoms with E-state index in [0.29, 0.717) is 6.04 Å². The van der Waals surface area contributed by atoms with Gasteiger partial charge in [-0.15, -0.1) is 0 Å². The van der Waals surface area contributed by atoms with E-state index < -0.39 is 0 Å². The molecular formula is C13H21N3O. The molecule has 1 saturated heterocycles. The summed E-state index contributed by atoms with van der Waals surface area (Å²) in [5, 5.41) is 6.95. The molecule has 0 spiro atoms. The normalized spacial score (nSPS) is 21.2. The molecule has 1 atom stereocenters. The van der Waals surface area contributed by atoms with E-state index in [1.807, 2.05) is 24.3 Å². The fourth-order valence-corrected chi connectivity index (χ4v) is 2.08. The van der Waals surface area contributed by atoms with Gasteiger partial charge < -0.3 is 20.3 Å². The maximum absolute atomic E-state index is 5.13. The van der Waals surface area contributed by atoms with Gasteiger partial charge in [-0.2, -0.15) is 0 Å². The van der Waals surface area contributed by atoms with Crippen LogP contribution in [0.3, 0.4) is 0 Å². The van der Waals surface area contributed by atoms with E-state index >= 15 is 0 Å². The van der Waals surface area contributed by atoms with Crippen LogP contribution in [0.15, 0.2) is 24.3 Å². The van der Waals surface area contributed by atoms with Crippen molar-refractivity contribution in [1.82, 2.24) is 10.2 Å². The van der Waals surface area contributed by atoms with Crippen molar-refractivity contribution in [3.05, 3.63) is 24.3 Å². The summed E-state index contributed by atoms with van der Waals surface area (Å²) in [5.41, 5.74) is 1.14. The minimum atomic E-state index is 0.524. The summed E-state index contributed by atoms with van der Waals surface area (Å²) in [4.78, 5) is 2.36. The fourth-order valence-electron chi connectivity index (χ4n) is 2.08. The summed E-state index contributed by atoms with van der Waals surface area (Å²) in [7, 11) is 3.85. The maximum atomic E-state index is 5.13. The van der Waals surface area contributed by atoms with Gasteiger partial charge in [0.2, 0.25) is 0 Å². The number of hydrogen-bond donors (Lipinski definition) is 2. The van der Waals surface area contributed by atoms with Crippen molar-refractivity contribution in [2.24, 2.45) is 0 Å². The maximum Gasteiger partial charge on any atom is 0.119 e. The molecule has 4 heteroatoms. The quantitative estimate of drug-likeness (QED) is 0.816. The fraction of sp³-hybridized carbons (Fsp3) is 0.538. The summed E-state index contributed by atoms with van der Waals surface area (Å²) >= 11 is 0. The van der Waals surface area contributed by atoms with Crippen LogP contribution < -0.4 is 15.4 Å². The molecule has 1 aromatic rings. The van der Waals surface area contributed by atoms with Crippen LogP contribution in [0.1, 0.15) is 0 Å². The monoisotopic (exact) mass is 235 g/mol. The molecule has 0 radical (unpaired) electrons. The lowest BCUT2D eigenvalue weighted by molar-refractivity contribution is 0.244. The second kappa shape index (κ2) is 5.89. The molecule has 0 saturated carbocycles. The van der Waals surface area contributed by atoms with Crippen molar-refractivity contribution in [2.45, 2.75) is 6.04 Å². The Hall–Kier alpha value is -1.26. The first-order chi connectivity index (χ1) is 8.28. The highest BCUT2D eigenvalue weighted by atomic mass is 16.5. The molecule has 2 rings (SSSR count). The predicted molar refractivity (Wildman–Crippen MR) is 70.8 cm³/mol. The van der Waals surface area contributed by atoms with Crippen LogP contribution in [0, 0.1) is 0 Å². The number of methoxy groups -OCH3 is 1. The van der Waals surface area contributed by atoms with Crippen molar-refractivity contribution in [3.63, 3.8) is 0 Å². The van der Waals surface area contributed by atoms with Gasteiger partial charge in [-0.1, -0.05) is 0 Å². The number of likely N-dealkylation sites (N-methyl/N-ethyl adjacent to an activating group) is 1. The molecule has 0 aromatic heterocycles. The van der Waals surface area contributed by atoms with Crippen molar-refractivity contribution in [3.8, 4) is 5.75 Å². The van der Waals surface area contributed by atoms with Crippen LogP contribution >= 0.6 is 0 Å². The van der Waals surface area contributed by atoms with Crippen LogP contribution in [0.4, 0.5) is 5.69 Å². The van der Waals surface area contributed by atoms with Crippen molar-refractivity contribution >= 4 is 5.69 Å². The summed E-state index contributed by atoms with van der Waals surface area (Å²) < 4.78 is 5.13. The zero-order valence-electron chi connectivity index (χ0n) is 10.6. The van der Waals surface area contributed by atoms with Gasteiger partial charge in [-0.25, -0.2) is 0 Å². The zero-order valence-corrected chi connectivity index (χ0v) is 10.6. The van der Waals surface area contributed by atoms with Crippen LogP contribution in [0.2, 0.25) is 0 Å². The van der Waals surface area contributed by atoms with Gasteiger partial charge in [0, 0.05) is 37.9 Å². The third-order valence-electron chi connectivity index (χ3n) is 3.10. The summed E-state index contributed by atoms with van der Waals surface area (Å²) in [6.45, 7) is 4.27. The van der Waals surface area contributed by atoms with Crippen molar-refractivity contribution in [1.29, 1.82) is 0 Å². The van der Waals surface area contributed by atoms with Gasteiger partial charge in [0.15, 0.2) is 0 Å². The summed E-state index contributed by atoms with van der Waals surface area (Å²) in [5.74, 6) is 0.895. The van der Waals surface area contributed by atoms with E-state index in [9.17, 15) is 0 Å². The molecule has 1 heterocycles. The summed E-state index contributed by atoms with van der Waals surface area (Å²) in [6, 6.07) is 8.57. The SMILES string of the molecule is COc1ccc(NCC2CN(C)CCN2)cc1. The Labute approximate surface area is 103 Å². The summed E-state index contributed by atoms with van der Waals surface area (Å²) in [6.07, 6.45) is 0. The van der Waals surface area contributed by atoms with Crippen LogP contribution in [0.5, 0.6) is 5.75 Å².